The summed E-state index contributed by atoms with van der Waals surface area (Å²) in [6.45, 7) is 2.71. The van der Waals surface area contributed by atoms with Gasteiger partial charge in [-0.1, -0.05) is 11.6 Å². The van der Waals surface area contributed by atoms with Gasteiger partial charge in [-0.15, -0.1) is 0 Å². The predicted octanol–water partition coefficient (Wildman–Crippen LogP) is 1.55. The minimum absolute atomic E-state index is 0.0403. The van der Waals surface area contributed by atoms with E-state index in [1.54, 1.807) is 18.2 Å². The number of nitrogens with one attached hydrogen (secondary N) is 1. The molecule has 0 unspecified atom stereocenters. The van der Waals surface area contributed by atoms with Crippen molar-refractivity contribution in [2.24, 2.45) is 0 Å². The highest BCUT2D eigenvalue weighted by molar-refractivity contribution is 6.31. The Balaban J connectivity index is 1.73. The Morgan fingerprint density at radius 2 is 2.35 bits per heavy atom. The summed E-state index contributed by atoms with van der Waals surface area (Å²) in [5, 5.41) is 9.88. The number of hydrogen-bond acceptors (Lipinski definition) is 5. The average molecular weight is 338 g/mol. The summed E-state index contributed by atoms with van der Waals surface area (Å²) in [5.41, 5.74) is 0.482. The van der Waals surface area contributed by atoms with Gasteiger partial charge in [0.15, 0.2) is 0 Å². The molecule has 1 saturated heterocycles. The van der Waals surface area contributed by atoms with Gasteiger partial charge in [-0.05, 0) is 37.6 Å². The first-order valence-corrected chi connectivity index (χ1v) is 8.17. The molecule has 7 heteroatoms. The van der Waals surface area contributed by atoms with Crippen molar-refractivity contribution in [1.29, 1.82) is 0 Å². The van der Waals surface area contributed by atoms with Crippen molar-refractivity contribution in [3.8, 4) is 0 Å². The lowest BCUT2D eigenvalue weighted by Gasteiger charge is -2.32. The fourth-order valence-electron chi connectivity index (χ4n) is 2.96. The van der Waals surface area contributed by atoms with Crippen LogP contribution in [0.3, 0.4) is 0 Å². The third-order valence-corrected chi connectivity index (χ3v) is 4.23. The predicted molar refractivity (Wildman–Crippen MR) is 88.7 cm³/mol. The first-order valence-electron chi connectivity index (χ1n) is 7.79. The molecule has 2 aromatic rings. The number of fused-ring (bicyclic) bond motifs is 1. The summed E-state index contributed by atoms with van der Waals surface area (Å²) < 4.78 is 5.61. The van der Waals surface area contributed by atoms with Crippen molar-refractivity contribution in [2.45, 2.75) is 25.5 Å². The van der Waals surface area contributed by atoms with Gasteiger partial charge in [-0.3, -0.25) is 9.69 Å². The van der Waals surface area contributed by atoms with Crippen molar-refractivity contribution in [3.63, 3.8) is 0 Å². The minimum Gasteiger partial charge on any atom is -0.394 e. The maximum atomic E-state index is 12.2. The second-order valence-electron chi connectivity index (χ2n) is 5.77. The third-order valence-electron chi connectivity index (χ3n) is 4.00. The van der Waals surface area contributed by atoms with Gasteiger partial charge < -0.3 is 14.8 Å². The van der Waals surface area contributed by atoms with Crippen LogP contribution in [-0.2, 0) is 11.3 Å². The Morgan fingerprint density at radius 1 is 1.48 bits per heavy atom. The van der Waals surface area contributed by atoms with Crippen LogP contribution in [0.2, 0.25) is 5.02 Å². The van der Waals surface area contributed by atoms with E-state index in [0.29, 0.717) is 34.9 Å². The van der Waals surface area contributed by atoms with Crippen LogP contribution in [0.25, 0.3) is 10.9 Å². The second-order valence-corrected chi connectivity index (χ2v) is 6.20. The van der Waals surface area contributed by atoms with Crippen LogP contribution in [-0.4, -0.2) is 52.4 Å². The van der Waals surface area contributed by atoms with E-state index in [2.05, 4.69) is 14.9 Å². The number of hydrogen-bond donors (Lipinski definition) is 2. The van der Waals surface area contributed by atoms with E-state index in [-0.39, 0.29) is 18.3 Å². The molecular weight excluding hydrogens is 318 g/mol. The Morgan fingerprint density at radius 3 is 3.17 bits per heavy atom. The highest BCUT2D eigenvalue weighted by atomic mass is 35.5. The summed E-state index contributed by atoms with van der Waals surface area (Å²) >= 11 is 5.92. The number of aliphatic hydroxyl groups excluding tert-OH is 1. The molecule has 23 heavy (non-hydrogen) atoms. The van der Waals surface area contributed by atoms with Crippen molar-refractivity contribution in [2.75, 3.05) is 26.3 Å². The molecular formula is C16H20ClN3O3. The van der Waals surface area contributed by atoms with E-state index < -0.39 is 0 Å². The normalized spacial score (nSPS) is 19.3. The largest absolute Gasteiger partial charge is 0.394 e. The molecule has 0 aliphatic carbocycles. The van der Waals surface area contributed by atoms with Crippen LogP contribution in [0, 0.1) is 0 Å². The van der Waals surface area contributed by atoms with Crippen LogP contribution in [0.15, 0.2) is 23.0 Å². The zero-order chi connectivity index (χ0) is 16.2. The fraction of sp³-hybridized carbons (Fsp3) is 0.500. The van der Waals surface area contributed by atoms with Crippen LogP contribution in [0.5, 0.6) is 0 Å². The van der Waals surface area contributed by atoms with Crippen molar-refractivity contribution >= 4 is 22.5 Å². The second kappa shape index (κ2) is 7.40. The average Bonchev–Trinajstić information content (AvgIpc) is 2.54. The molecule has 3 rings (SSSR count). The van der Waals surface area contributed by atoms with Crippen LogP contribution in [0.4, 0.5) is 0 Å². The molecule has 1 atom stereocenters. The van der Waals surface area contributed by atoms with Gasteiger partial charge in [0.25, 0.3) is 5.56 Å². The monoisotopic (exact) mass is 337 g/mol. The highest BCUT2D eigenvalue weighted by Crippen LogP contribution is 2.17. The molecule has 0 saturated carbocycles. The number of likely N-dealkylation sites (tertiary alicyclic amines) is 1. The first-order chi connectivity index (χ1) is 11.2. The number of ether oxygens (including phenoxy) is 1. The van der Waals surface area contributed by atoms with E-state index >= 15 is 0 Å². The van der Waals surface area contributed by atoms with E-state index in [1.807, 2.05) is 0 Å². The maximum absolute atomic E-state index is 12.2. The van der Waals surface area contributed by atoms with Gasteiger partial charge in [-0.25, -0.2) is 4.98 Å². The number of rotatable bonds is 5. The van der Waals surface area contributed by atoms with Gasteiger partial charge in [0, 0.05) is 11.6 Å². The molecule has 0 spiro atoms. The number of halogens is 1. The van der Waals surface area contributed by atoms with E-state index in [9.17, 15) is 4.79 Å². The number of aromatic amines is 1. The molecule has 0 amide bonds. The zero-order valence-corrected chi connectivity index (χ0v) is 13.6. The van der Waals surface area contributed by atoms with E-state index in [4.69, 9.17) is 21.4 Å². The number of benzene rings is 1. The highest BCUT2D eigenvalue weighted by Gasteiger charge is 2.21. The SMILES string of the molecule is O=c1[nH]c(CN2CCC[C@@H](OCCO)C2)nc2ccc(Cl)cc12. The lowest BCUT2D eigenvalue weighted by molar-refractivity contribution is -0.0167. The molecule has 0 radical (unpaired) electrons. The van der Waals surface area contributed by atoms with Crippen LogP contribution in [0.1, 0.15) is 18.7 Å². The maximum Gasteiger partial charge on any atom is 0.258 e. The molecule has 124 valence electrons. The van der Waals surface area contributed by atoms with Gasteiger partial charge >= 0.3 is 0 Å². The number of piperidine rings is 1. The summed E-state index contributed by atoms with van der Waals surface area (Å²) in [6.07, 6.45) is 2.15. The fourth-order valence-corrected chi connectivity index (χ4v) is 3.13. The topological polar surface area (TPSA) is 78.5 Å². The lowest BCUT2D eigenvalue weighted by Crippen LogP contribution is -2.40. The molecule has 1 aromatic carbocycles. The first kappa shape index (κ1) is 16.4. The van der Waals surface area contributed by atoms with Crippen molar-refractivity contribution in [1.82, 2.24) is 14.9 Å². The van der Waals surface area contributed by atoms with Gasteiger partial charge in [-0.2, -0.15) is 0 Å². The van der Waals surface area contributed by atoms with Crippen molar-refractivity contribution in [3.05, 3.63) is 39.4 Å². The number of aromatic nitrogens is 2. The van der Waals surface area contributed by atoms with E-state index in [1.165, 1.54) is 0 Å². The van der Waals surface area contributed by atoms with Gasteiger partial charge in [0.1, 0.15) is 5.82 Å². The molecule has 1 aromatic heterocycles. The smallest absolute Gasteiger partial charge is 0.258 e. The molecule has 2 N–H and O–H groups in total. The Hall–Kier alpha value is -1.47. The minimum atomic E-state index is -0.169. The summed E-state index contributed by atoms with van der Waals surface area (Å²) in [4.78, 5) is 21.7. The molecule has 1 aliphatic rings. The van der Waals surface area contributed by atoms with Crippen LogP contribution >= 0.6 is 11.6 Å². The standard InChI is InChI=1S/C16H20ClN3O3/c17-11-3-4-14-13(8-11)16(22)19-15(18-14)10-20-5-1-2-12(9-20)23-7-6-21/h3-4,8,12,21H,1-2,5-7,9-10H2,(H,18,19,22)/t12-/m1/s1. The number of aliphatic hydroxyl groups is 1. The molecule has 0 bridgehead atoms. The van der Waals surface area contributed by atoms with Gasteiger partial charge in [0.05, 0.1) is 36.8 Å². The van der Waals surface area contributed by atoms with E-state index in [0.717, 1.165) is 25.9 Å². The Bertz CT molecular complexity index is 734. The quantitative estimate of drug-likeness (QED) is 0.865. The zero-order valence-electron chi connectivity index (χ0n) is 12.8. The third kappa shape index (κ3) is 4.09. The molecule has 1 fully saturated rings. The summed E-state index contributed by atoms with van der Waals surface area (Å²) in [6, 6.07) is 5.13. The lowest BCUT2D eigenvalue weighted by atomic mass is 10.1. The summed E-state index contributed by atoms with van der Waals surface area (Å²) in [7, 11) is 0. The Kier molecular flexibility index (Phi) is 5.27. The van der Waals surface area contributed by atoms with Crippen molar-refractivity contribution < 1.29 is 9.84 Å². The molecule has 1 aliphatic heterocycles. The molecule has 2 heterocycles. The Labute approximate surface area is 139 Å². The van der Waals surface area contributed by atoms with Crippen LogP contribution < -0.4 is 5.56 Å². The number of H-pyrrole nitrogens is 1. The number of nitrogens with zero attached hydrogens (tertiary/aromatic N) is 2. The summed E-state index contributed by atoms with van der Waals surface area (Å²) in [5.74, 6) is 0.646. The molecule has 6 nitrogen and oxygen atoms in total. The van der Waals surface area contributed by atoms with Gasteiger partial charge in [0.2, 0.25) is 0 Å².